The number of rotatable bonds is 3. The van der Waals surface area contributed by atoms with E-state index >= 15 is 0 Å². The first kappa shape index (κ1) is 12.4. The molecular weight excluding hydrogens is 224 g/mol. The molecule has 1 aliphatic carbocycles. The Bertz CT molecular complexity index is 479. The Balaban J connectivity index is 2.06. The van der Waals surface area contributed by atoms with Gasteiger partial charge in [0.1, 0.15) is 11.6 Å². The third kappa shape index (κ3) is 3.21. The summed E-state index contributed by atoms with van der Waals surface area (Å²) in [6.07, 6.45) is 6.00. The van der Waals surface area contributed by atoms with Crippen LogP contribution in [-0.4, -0.2) is 11.9 Å². The molecule has 0 aromatic heterocycles. The second-order valence-electron chi connectivity index (χ2n) is 4.54. The van der Waals surface area contributed by atoms with Gasteiger partial charge in [0.25, 0.3) is 5.91 Å². The van der Waals surface area contributed by atoms with E-state index in [1.807, 2.05) is 36.4 Å². The predicted molar refractivity (Wildman–Crippen MR) is 70.4 cm³/mol. The van der Waals surface area contributed by atoms with Crippen LogP contribution in [0.5, 0.6) is 0 Å². The van der Waals surface area contributed by atoms with Crippen LogP contribution >= 0.6 is 0 Å². The molecule has 0 saturated heterocycles. The molecule has 1 aromatic rings. The third-order valence-corrected chi connectivity index (χ3v) is 3.17. The Morgan fingerprint density at radius 2 is 1.94 bits per heavy atom. The van der Waals surface area contributed by atoms with Gasteiger partial charge < -0.3 is 5.32 Å². The molecule has 0 heterocycles. The lowest BCUT2D eigenvalue weighted by atomic mass is 10.1. The molecular formula is C15H16N2O. The predicted octanol–water partition coefficient (Wildman–Crippen LogP) is 2.65. The summed E-state index contributed by atoms with van der Waals surface area (Å²) in [5.41, 5.74) is 1.05. The molecule has 18 heavy (non-hydrogen) atoms. The minimum atomic E-state index is -0.256. The summed E-state index contributed by atoms with van der Waals surface area (Å²) < 4.78 is 0. The van der Waals surface area contributed by atoms with Crippen LogP contribution in [0, 0.1) is 11.3 Å². The molecule has 1 N–H and O–H groups in total. The largest absolute Gasteiger partial charge is 0.349 e. The molecule has 0 radical (unpaired) electrons. The Kier molecular flexibility index (Phi) is 4.14. The molecule has 1 amide bonds. The van der Waals surface area contributed by atoms with Gasteiger partial charge >= 0.3 is 0 Å². The first-order chi connectivity index (χ1) is 8.79. The number of benzene rings is 1. The van der Waals surface area contributed by atoms with Crippen molar-refractivity contribution in [1.82, 2.24) is 5.32 Å². The molecule has 2 rings (SSSR count). The van der Waals surface area contributed by atoms with E-state index in [2.05, 4.69) is 5.32 Å². The number of hydrogen-bond donors (Lipinski definition) is 1. The van der Waals surface area contributed by atoms with Crippen LogP contribution in [0.4, 0.5) is 0 Å². The topological polar surface area (TPSA) is 52.9 Å². The number of hydrogen-bond acceptors (Lipinski definition) is 2. The summed E-state index contributed by atoms with van der Waals surface area (Å²) in [5.74, 6) is -0.256. The molecule has 3 heteroatoms. The van der Waals surface area contributed by atoms with E-state index in [4.69, 9.17) is 5.26 Å². The first-order valence-electron chi connectivity index (χ1n) is 6.27. The highest BCUT2D eigenvalue weighted by atomic mass is 16.1. The molecule has 0 atom stereocenters. The lowest BCUT2D eigenvalue weighted by Gasteiger charge is -2.10. The monoisotopic (exact) mass is 240 g/mol. The van der Waals surface area contributed by atoms with Gasteiger partial charge in [-0.2, -0.15) is 5.26 Å². The van der Waals surface area contributed by atoms with E-state index in [0.717, 1.165) is 31.2 Å². The van der Waals surface area contributed by atoms with Crippen LogP contribution in [0.25, 0.3) is 6.08 Å². The molecule has 1 aliphatic rings. The molecule has 92 valence electrons. The molecule has 1 saturated carbocycles. The Labute approximate surface area is 107 Å². The molecule has 0 unspecified atom stereocenters. The van der Waals surface area contributed by atoms with Crippen molar-refractivity contribution in [2.45, 2.75) is 31.7 Å². The van der Waals surface area contributed by atoms with E-state index in [1.165, 1.54) is 0 Å². The van der Waals surface area contributed by atoms with Crippen molar-refractivity contribution in [2.75, 3.05) is 0 Å². The van der Waals surface area contributed by atoms with Crippen LogP contribution < -0.4 is 5.32 Å². The van der Waals surface area contributed by atoms with Crippen LogP contribution in [0.3, 0.4) is 0 Å². The Morgan fingerprint density at radius 3 is 2.56 bits per heavy atom. The van der Waals surface area contributed by atoms with E-state index < -0.39 is 0 Å². The summed E-state index contributed by atoms with van der Waals surface area (Å²) in [7, 11) is 0. The van der Waals surface area contributed by atoms with E-state index in [0.29, 0.717) is 0 Å². The highest BCUT2D eigenvalue weighted by Crippen LogP contribution is 2.18. The van der Waals surface area contributed by atoms with Gasteiger partial charge in [0, 0.05) is 6.04 Å². The highest BCUT2D eigenvalue weighted by Gasteiger charge is 2.19. The van der Waals surface area contributed by atoms with Crippen molar-refractivity contribution in [3.8, 4) is 6.07 Å². The summed E-state index contributed by atoms with van der Waals surface area (Å²) in [4.78, 5) is 11.9. The molecule has 0 aliphatic heterocycles. The minimum Gasteiger partial charge on any atom is -0.349 e. The lowest BCUT2D eigenvalue weighted by Crippen LogP contribution is -2.33. The second-order valence-corrected chi connectivity index (χ2v) is 4.54. The lowest BCUT2D eigenvalue weighted by molar-refractivity contribution is -0.117. The summed E-state index contributed by atoms with van der Waals surface area (Å²) in [6.45, 7) is 0. The maximum absolute atomic E-state index is 11.9. The molecule has 1 fully saturated rings. The van der Waals surface area contributed by atoms with Crippen LogP contribution in [0.15, 0.2) is 35.9 Å². The van der Waals surface area contributed by atoms with E-state index in [-0.39, 0.29) is 17.5 Å². The number of nitriles is 1. The molecule has 0 spiro atoms. The van der Waals surface area contributed by atoms with Gasteiger partial charge in [-0.15, -0.1) is 0 Å². The molecule has 0 bridgehead atoms. The minimum absolute atomic E-state index is 0.174. The Morgan fingerprint density at radius 1 is 1.28 bits per heavy atom. The maximum atomic E-state index is 11.9. The quantitative estimate of drug-likeness (QED) is 0.652. The fourth-order valence-electron chi connectivity index (χ4n) is 2.20. The van der Waals surface area contributed by atoms with Crippen molar-refractivity contribution in [1.29, 1.82) is 5.26 Å². The van der Waals surface area contributed by atoms with Gasteiger partial charge in [0.2, 0.25) is 0 Å². The van der Waals surface area contributed by atoms with Gasteiger partial charge in [-0.1, -0.05) is 43.2 Å². The summed E-state index contributed by atoms with van der Waals surface area (Å²) in [6, 6.07) is 11.6. The van der Waals surface area contributed by atoms with Gasteiger partial charge in [-0.3, -0.25) is 4.79 Å². The second kappa shape index (κ2) is 6.02. The zero-order chi connectivity index (χ0) is 12.8. The van der Waals surface area contributed by atoms with Crippen LogP contribution in [0.1, 0.15) is 31.2 Å². The van der Waals surface area contributed by atoms with Crippen LogP contribution in [0.2, 0.25) is 0 Å². The van der Waals surface area contributed by atoms with E-state index in [9.17, 15) is 4.79 Å². The van der Waals surface area contributed by atoms with Gasteiger partial charge in [-0.25, -0.2) is 0 Å². The smallest absolute Gasteiger partial charge is 0.262 e. The third-order valence-electron chi connectivity index (χ3n) is 3.17. The number of nitrogens with zero attached hydrogens (tertiary/aromatic N) is 1. The first-order valence-corrected chi connectivity index (χ1v) is 6.27. The van der Waals surface area contributed by atoms with Crippen molar-refractivity contribution in [3.05, 3.63) is 41.5 Å². The van der Waals surface area contributed by atoms with Gasteiger partial charge in [0.05, 0.1) is 0 Å². The van der Waals surface area contributed by atoms with Crippen molar-refractivity contribution in [3.63, 3.8) is 0 Å². The van der Waals surface area contributed by atoms with Crippen molar-refractivity contribution in [2.24, 2.45) is 0 Å². The standard InChI is InChI=1S/C15H16N2O/c16-11-13(10-12-6-2-1-3-7-12)15(18)17-14-8-4-5-9-14/h1-3,6-7,10,14H,4-5,8-9H2,(H,17,18)/b13-10-. The van der Waals surface area contributed by atoms with Crippen LogP contribution in [-0.2, 0) is 4.79 Å². The SMILES string of the molecule is N#C/C(=C/c1ccccc1)C(=O)NC1CCCC1. The number of carbonyl (C=O) groups excluding carboxylic acids is 1. The number of carbonyl (C=O) groups is 1. The molecule has 3 nitrogen and oxygen atoms in total. The number of nitrogens with one attached hydrogen (secondary N) is 1. The average Bonchev–Trinajstić information content (AvgIpc) is 2.90. The molecule has 1 aromatic carbocycles. The van der Waals surface area contributed by atoms with Gasteiger partial charge in [-0.05, 0) is 24.5 Å². The zero-order valence-corrected chi connectivity index (χ0v) is 10.2. The van der Waals surface area contributed by atoms with Crippen molar-refractivity contribution >= 4 is 12.0 Å². The van der Waals surface area contributed by atoms with Crippen molar-refractivity contribution < 1.29 is 4.79 Å². The van der Waals surface area contributed by atoms with E-state index in [1.54, 1.807) is 6.08 Å². The summed E-state index contributed by atoms with van der Waals surface area (Å²) >= 11 is 0. The summed E-state index contributed by atoms with van der Waals surface area (Å²) in [5, 5.41) is 12.0. The Hall–Kier alpha value is -2.08. The normalized spacial score (nSPS) is 16.3. The van der Waals surface area contributed by atoms with Gasteiger partial charge in [0.15, 0.2) is 0 Å². The maximum Gasteiger partial charge on any atom is 0.262 e. The highest BCUT2D eigenvalue weighted by molar-refractivity contribution is 6.01. The number of amides is 1. The zero-order valence-electron chi connectivity index (χ0n) is 10.2. The average molecular weight is 240 g/mol. The fourth-order valence-corrected chi connectivity index (χ4v) is 2.20. The fraction of sp³-hybridized carbons (Fsp3) is 0.333.